The fourth-order valence-corrected chi connectivity index (χ4v) is 3.69. The van der Waals surface area contributed by atoms with Gasteiger partial charge in [0.15, 0.2) is 0 Å². The summed E-state index contributed by atoms with van der Waals surface area (Å²) in [6, 6.07) is 17.1. The van der Waals surface area contributed by atoms with Crippen LogP contribution < -0.4 is 10.1 Å². The number of rotatable bonds is 8. The van der Waals surface area contributed by atoms with E-state index in [1.807, 2.05) is 30.3 Å². The first-order chi connectivity index (χ1) is 13.9. The van der Waals surface area contributed by atoms with Gasteiger partial charge in [-0.1, -0.05) is 30.3 Å². The third-order valence-corrected chi connectivity index (χ3v) is 5.25. The fraction of sp³-hybridized carbons (Fsp3) is 0.435. The van der Waals surface area contributed by atoms with Crippen LogP contribution in [0.25, 0.3) is 0 Å². The van der Waals surface area contributed by atoms with Crippen molar-refractivity contribution in [3.63, 3.8) is 0 Å². The summed E-state index contributed by atoms with van der Waals surface area (Å²) in [5.41, 5.74) is 1.19. The molecule has 1 heterocycles. The summed E-state index contributed by atoms with van der Waals surface area (Å²) in [5.74, 6) is 0.528. The number of aliphatic hydroxyl groups excluding tert-OH is 1. The van der Waals surface area contributed by atoms with Crippen molar-refractivity contribution in [1.29, 1.82) is 0 Å². The summed E-state index contributed by atoms with van der Waals surface area (Å²) >= 11 is 0. The van der Waals surface area contributed by atoms with Gasteiger partial charge in [-0.2, -0.15) is 0 Å². The molecule has 3 rings (SSSR count). The smallest absolute Gasteiger partial charge is 0.221 e. The molecule has 6 nitrogen and oxygen atoms in total. The van der Waals surface area contributed by atoms with Gasteiger partial charge in [0.1, 0.15) is 18.5 Å². The highest BCUT2D eigenvalue weighted by Crippen LogP contribution is 2.26. The lowest BCUT2D eigenvalue weighted by molar-refractivity contribution is -0.114. The molecule has 0 spiro atoms. The molecular weight excluding hydrogens is 368 g/mol. The Kier molecular flexibility index (Phi) is 7.25. The zero-order chi connectivity index (χ0) is 20.7. The van der Waals surface area contributed by atoms with Gasteiger partial charge >= 0.3 is 0 Å². The van der Waals surface area contributed by atoms with Gasteiger partial charge in [-0.25, -0.2) is 0 Å². The normalized spacial score (nSPS) is 17.5. The maximum absolute atomic E-state index is 11.0. The van der Waals surface area contributed by atoms with Crippen LogP contribution in [-0.2, 0) is 11.2 Å². The topological polar surface area (TPSA) is 82.0 Å². The largest absolute Gasteiger partial charge is 0.491 e. The quantitative estimate of drug-likeness (QED) is 0.636. The van der Waals surface area contributed by atoms with Crippen LogP contribution in [-0.4, -0.2) is 59.0 Å². The molecule has 0 radical (unpaired) electrons. The van der Waals surface area contributed by atoms with E-state index in [2.05, 4.69) is 10.2 Å². The van der Waals surface area contributed by atoms with E-state index in [1.165, 1.54) is 6.92 Å². The zero-order valence-electron chi connectivity index (χ0n) is 16.9. The fourth-order valence-electron chi connectivity index (χ4n) is 3.69. The average molecular weight is 399 g/mol. The SMILES string of the molecule is CC(=O)Nc1ccc(OCC(O)CN2CCC(O)(Cc3ccccc3)CC2)cc1. The van der Waals surface area contributed by atoms with Crippen LogP contribution in [0.3, 0.4) is 0 Å². The van der Waals surface area contributed by atoms with Crippen molar-refractivity contribution < 1.29 is 19.7 Å². The molecule has 6 heteroatoms. The molecule has 1 aliphatic heterocycles. The first-order valence-electron chi connectivity index (χ1n) is 10.1. The van der Waals surface area contributed by atoms with Crippen LogP contribution in [0.4, 0.5) is 5.69 Å². The Morgan fingerprint density at radius 3 is 2.41 bits per heavy atom. The van der Waals surface area contributed by atoms with Gasteiger partial charge in [0.25, 0.3) is 0 Å². The number of amides is 1. The first kappa shape index (κ1) is 21.3. The van der Waals surface area contributed by atoms with E-state index in [-0.39, 0.29) is 12.5 Å². The summed E-state index contributed by atoms with van der Waals surface area (Å²) < 4.78 is 5.65. The Balaban J connectivity index is 1.39. The molecule has 1 atom stereocenters. The molecular formula is C23H30N2O4. The molecule has 156 valence electrons. The molecule has 2 aromatic rings. The number of carbonyl (C=O) groups excluding carboxylic acids is 1. The molecule has 0 aromatic heterocycles. The molecule has 0 saturated carbocycles. The molecule has 29 heavy (non-hydrogen) atoms. The standard InChI is InChI=1S/C23H30N2O4/c1-18(26)24-20-7-9-22(10-8-20)29-17-21(27)16-25-13-11-23(28,12-14-25)15-19-5-3-2-4-6-19/h2-10,21,27-28H,11-17H2,1H3,(H,24,26). The molecule has 1 fully saturated rings. The van der Waals surface area contributed by atoms with E-state index >= 15 is 0 Å². The summed E-state index contributed by atoms with van der Waals surface area (Å²) in [6.07, 6.45) is 1.45. The highest BCUT2D eigenvalue weighted by atomic mass is 16.5. The van der Waals surface area contributed by atoms with E-state index in [4.69, 9.17) is 4.74 Å². The van der Waals surface area contributed by atoms with Crippen molar-refractivity contribution in [2.45, 2.75) is 37.9 Å². The van der Waals surface area contributed by atoms with Crippen molar-refractivity contribution in [3.05, 3.63) is 60.2 Å². The van der Waals surface area contributed by atoms with Crippen molar-refractivity contribution >= 4 is 11.6 Å². The molecule has 1 saturated heterocycles. The third-order valence-electron chi connectivity index (χ3n) is 5.25. The van der Waals surface area contributed by atoms with Gasteiger partial charge < -0.3 is 25.2 Å². The lowest BCUT2D eigenvalue weighted by atomic mass is 9.85. The Bertz CT molecular complexity index is 771. The number of nitrogens with one attached hydrogen (secondary N) is 1. The molecule has 1 aliphatic rings. The Labute approximate surface area is 172 Å². The van der Waals surface area contributed by atoms with Crippen molar-refractivity contribution in [1.82, 2.24) is 4.90 Å². The zero-order valence-corrected chi connectivity index (χ0v) is 16.9. The van der Waals surface area contributed by atoms with E-state index < -0.39 is 11.7 Å². The van der Waals surface area contributed by atoms with Crippen LogP contribution in [0, 0.1) is 0 Å². The minimum Gasteiger partial charge on any atom is -0.491 e. The number of carbonyl (C=O) groups is 1. The Morgan fingerprint density at radius 1 is 1.14 bits per heavy atom. The summed E-state index contributed by atoms with van der Waals surface area (Å²) in [4.78, 5) is 13.2. The lowest BCUT2D eigenvalue weighted by Crippen LogP contribution is -2.48. The predicted molar refractivity (Wildman–Crippen MR) is 113 cm³/mol. The Hall–Kier alpha value is -2.41. The molecule has 0 bridgehead atoms. The number of piperidine rings is 1. The number of β-amino-alcohol motifs (C(OH)–C–C–N with tert-alkyl or cyclic N) is 1. The van der Waals surface area contributed by atoms with E-state index in [9.17, 15) is 15.0 Å². The highest BCUT2D eigenvalue weighted by molar-refractivity contribution is 5.88. The maximum atomic E-state index is 11.0. The summed E-state index contributed by atoms with van der Waals surface area (Å²) in [5, 5.41) is 23.9. The minimum atomic E-state index is -0.672. The molecule has 2 aromatic carbocycles. The molecule has 1 amide bonds. The third kappa shape index (κ3) is 6.85. The van der Waals surface area contributed by atoms with Gasteiger partial charge in [-0.3, -0.25) is 4.79 Å². The monoisotopic (exact) mass is 398 g/mol. The Morgan fingerprint density at radius 2 is 1.79 bits per heavy atom. The summed E-state index contributed by atoms with van der Waals surface area (Å²) in [7, 11) is 0. The number of hydrogen-bond acceptors (Lipinski definition) is 5. The number of nitrogens with zero attached hydrogens (tertiary/aromatic N) is 1. The number of hydrogen-bond donors (Lipinski definition) is 3. The van der Waals surface area contributed by atoms with Gasteiger partial charge in [-0.05, 0) is 42.7 Å². The second-order valence-corrected chi connectivity index (χ2v) is 7.86. The second-order valence-electron chi connectivity index (χ2n) is 7.86. The lowest BCUT2D eigenvalue weighted by Gasteiger charge is -2.39. The number of benzene rings is 2. The van der Waals surface area contributed by atoms with Crippen molar-refractivity contribution in [3.8, 4) is 5.75 Å². The van der Waals surface area contributed by atoms with Crippen molar-refractivity contribution in [2.75, 3.05) is 31.6 Å². The number of likely N-dealkylation sites (tertiary alicyclic amines) is 1. The van der Waals surface area contributed by atoms with Crippen LogP contribution in [0.15, 0.2) is 54.6 Å². The number of aliphatic hydroxyl groups is 2. The van der Waals surface area contributed by atoms with Gasteiger partial charge in [-0.15, -0.1) is 0 Å². The van der Waals surface area contributed by atoms with Gasteiger partial charge in [0, 0.05) is 38.7 Å². The van der Waals surface area contributed by atoms with Crippen LogP contribution in [0.2, 0.25) is 0 Å². The number of anilines is 1. The van der Waals surface area contributed by atoms with E-state index in [1.54, 1.807) is 24.3 Å². The highest BCUT2D eigenvalue weighted by Gasteiger charge is 2.32. The van der Waals surface area contributed by atoms with Crippen LogP contribution in [0.1, 0.15) is 25.3 Å². The maximum Gasteiger partial charge on any atom is 0.221 e. The molecule has 0 aliphatic carbocycles. The number of ether oxygens (including phenoxy) is 1. The van der Waals surface area contributed by atoms with E-state index in [0.717, 1.165) is 18.7 Å². The van der Waals surface area contributed by atoms with Crippen molar-refractivity contribution in [2.24, 2.45) is 0 Å². The molecule has 3 N–H and O–H groups in total. The minimum absolute atomic E-state index is 0.119. The average Bonchev–Trinajstić information content (AvgIpc) is 2.70. The first-order valence-corrected chi connectivity index (χ1v) is 10.1. The second kappa shape index (κ2) is 9.87. The van der Waals surface area contributed by atoms with Gasteiger partial charge in [0.05, 0.1) is 5.60 Å². The van der Waals surface area contributed by atoms with E-state index in [0.29, 0.717) is 37.2 Å². The predicted octanol–water partition coefficient (Wildman–Crippen LogP) is 2.45. The van der Waals surface area contributed by atoms with Crippen LogP contribution >= 0.6 is 0 Å². The summed E-state index contributed by atoms with van der Waals surface area (Å²) in [6.45, 7) is 3.69. The van der Waals surface area contributed by atoms with Crippen LogP contribution in [0.5, 0.6) is 5.75 Å². The van der Waals surface area contributed by atoms with Gasteiger partial charge in [0.2, 0.25) is 5.91 Å². The molecule has 1 unspecified atom stereocenters.